The van der Waals surface area contributed by atoms with Crippen molar-refractivity contribution in [2.45, 2.75) is 6.92 Å². The average molecular weight is 259 g/mol. The predicted molar refractivity (Wildman–Crippen MR) is 71.1 cm³/mol. The van der Waals surface area contributed by atoms with Crippen LogP contribution in [-0.4, -0.2) is 32.7 Å². The first-order valence-electron chi connectivity index (χ1n) is 5.43. The summed E-state index contributed by atoms with van der Waals surface area (Å²) in [6.07, 6.45) is 0. The van der Waals surface area contributed by atoms with Crippen molar-refractivity contribution in [1.82, 2.24) is 10.6 Å². The molecule has 0 bridgehead atoms. The molecule has 0 aliphatic heterocycles. The standard InChI is InChI=1S/C12H18N2O2.ClH/c1-3-16-11-6-4-5-10(9-11)12(15)14-8-7-13-2;/h4-6,9,13H,3,7-8H2,1-2H3,(H,14,15);1H. The highest BCUT2D eigenvalue weighted by molar-refractivity contribution is 5.94. The second-order valence-electron chi connectivity index (χ2n) is 3.32. The molecular formula is C12H19ClN2O2. The first-order valence-corrected chi connectivity index (χ1v) is 5.43. The first kappa shape index (κ1) is 15.7. The molecule has 0 unspecified atom stereocenters. The van der Waals surface area contributed by atoms with Crippen molar-refractivity contribution in [2.24, 2.45) is 0 Å². The Labute approximate surface area is 108 Å². The van der Waals surface area contributed by atoms with Crippen molar-refractivity contribution in [3.05, 3.63) is 29.8 Å². The molecule has 17 heavy (non-hydrogen) atoms. The normalized spacial score (nSPS) is 9.29. The van der Waals surface area contributed by atoms with Gasteiger partial charge in [-0.3, -0.25) is 4.79 Å². The van der Waals surface area contributed by atoms with Gasteiger partial charge in [-0.15, -0.1) is 12.4 Å². The van der Waals surface area contributed by atoms with E-state index in [0.717, 1.165) is 12.3 Å². The summed E-state index contributed by atoms with van der Waals surface area (Å²) in [5.74, 6) is 0.653. The molecule has 5 heteroatoms. The van der Waals surface area contributed by atoms with Crippen LogP contribution in [0.1, 0.15) is 17.3 Å². The zero-order valence-corrected chi connectivity index (χ0v) is 11.0. The fourth-order valence-electron chi connectivity index (χ4n) is 1.30. The number of halogens is 1. The Bertz CT molecular complexity index is 345. The van der Waals surface area contributed by atoms with Crippen LogP contribution < -0.4 is 15.4 Å². The number of rotatable bonds is 6. The van der Waals surface area contributed by atoms with Gasteiger partial charge in [0.2, 0.25) is 0 Å². The summed E-state index contributed by atoms with van der Waals surface area (Å²) in [4.78, 5) is 11.7. The molecule has 4 nitrogen and oxygen atoms in total. The molecule has 0 saturated carbocycles. The summed E-state index contributed by atoms with van der Waals surface area (Å²) in [5.41, 5.74) is 0.627. The van der Waals surface area contributed by atoms with Gasteiger partial charge in [0, 0.05) is 18.7 Å². The van der Waals surface area contributed by atoms with Crippen LogP contribution in [0.2, 0.25) is 0 Å². The van der Waals surface area contributed by atoms with Crippen LogP contribution in [0, 0.1) is 0 Å². The summed E-state index contributed by atoms with van der Waals surface area (Å²) < 4.78 is 5.33. The molecule has 0 atom stereocenters. The van der Waals surface area contributed by atoms with E-state index >= 15 is 0 Å². The minimum atomic E-state index is -0.0724. The molecule has 0 radical (unpaired) electrons. The van der Waals surface area contributed by atoms with Gasteiger partial charge in [-0.25, -0.2) is 0 Å². The van der Waals surface area contributed by atoms with Crippen LogP contribution in [0.3, 0.4) is 0 Å². The van der Waals surface area contributed by atoms with Gasteiger partial charge in [0.1, 0.15) is 5.75 Å². The van der Waals surface area contributed by atoms with E-state index in [1.165, 1.54) is 0 Å². The smallest absolute Gasteiger partial charge is 0.251 e. The van der Waals surface area contributed by atoms with Crippen LogP contribution in [0.25, 0.3) is 0 Å². The largest absolute Gasteiger partial charge is 0.494 e. The number of nitrogens with one attached hydrogen (secondary N) is 2. The molecule has 1 aromatic rings. The molecule has 0 aromatic heterocycles. The lowest BCUT2D eigenvalue weighted by Gasteiger charge is -2.07. The molecule has 0 heterocycles. The number of benzene rings is 1. The van der Waals surface area contributed by atoms with Gasteiger partial charge in [-0.2, -0.15) is 0 Å². The minimum absolute atomic E-state index is 0. The lowest BCUT2D eigenvalue weighted by atomic mass is 10.2. The van der Waals surface area contributed by atoms with Crippen LogP contribution in [0.5, 0.6) is 5.75 Å². The van der Waals surface area contributed by atoms with Gasteiger partial charge in [0.25, 0.3) is 5.91 Å². The monoisotopic (exact) mass is 258 g/mol. The van der Waals surface area contributed by atoms with Crippen molar-refractivity contribution < 1.29 is 9.53 Å². The van der Waals surface area contributed by atoms with Crippen molar-refractivity contribution in [2.75, 3.05) is 26.7 Å². The van der Waals surface area contributed by atoms with Gasteiger partial charge in [0.05, 0.1) is 6.61 Å². The number of hydrogen-bond donors (Lipinski definition) is 2. The van der Waals surface area contributed by atoms with Crippen molar-refractivity contribution in [3.8, 4) is 5.75 Å². The minimum Gasteiger partial charge on any atom is -0.494 e. The van der Waals surface area contributed by atoms with Crippen molar-refractivity contribution >= 4 is 18.3 Å². The first-order chi connectivity index (χ1) is 7.77. The van der Waals surface area contributed by atoms with Gasteiger partial charge in [-0.1, -0.05) is 6.07 Å². The second kappa shape index (κ2) is 8.84. The summed E-state index contributed by atoms with van der Waals surface area (Å²) >= 11 is 0. The molecule has 0 spiro atoms. The highest BCUT2D eigenvalue weighted by Gasteiger charge is 2.05. The topological polar surface area (TPSA) is 50.4 Å². The van der Waals surface area contributed by atoms with Gasteiger partial charge in [-0.05, 0) is 32.2 Å². The Morgan fingerprint density at radius 1 is 1.35 bits per heavy atom. The fourth-order valence-corrected chi connectivity index (χ4v) is 1.30. The van der Waals surface area contributed by atoms with E-state index in [1.807, 2.05) is 26.1 Å². The molecule has 0 saturated heterocycles. The van der Waals surface area contributed by atoms with E-state index in [1.54, 1.807) is 12.1 Å². The predicted octanol–water partition coefficient (Wildman–Crippen LogP) is 1.46. The summed E-state index contributed by atoms with van der Waals surface area (Å²) in [6.45, 7) is 3.90. The number of hydrogen-bond acceptors (Lipinski definition) is 3. The third-order valence-corrected chi connectivity index (χ3v) is 2.07. The van der Waals surface area contributed by atoms with Crippen LogP contribution in [0.4, 0.5) is 0 Å². The summed E-state index contributed by atoms with van der Waals surface area (Å²) in [6, 6.07) is 7.18. The third-order valence-electron chi connectivity index (χ3n) is 2.07. The zero-order valence-electron chi connectivity index (χ0n) is 10.2. The van der Waals surface area contributed by atoms with E-state index in [9.17, 15) is 4.79 Å². The maximum Gasteiger partial charge on any atom is 0.251 e. The molecule has 0 fully saturated rings. The molecule has 0 aliphatic rings. The molecule has 0 aliphatic carbocycles. The molecular weight excluding hydrogens is 240 g/mol. The number of carbonyl (C=O) groups excluding carboxylic acids is 1. The Balaban J connectivity index is 0.00000256. The lowest BCUT2D eigenvalue weighted by Crippen LogP contribution is -2.30. The Kier molecular flexibility index (Phi) is 8.19. The number of likely N-dealkylation sites (N-methyl/N-ethyl adjacent to an activating group) is 1. The number of amides is 1. The molecule has 2 N–H and O–H groups in total. The Morgan fingerprint density at radius 3 is 2.76 bits per heavy atom. The zero-order chi connectivity index (χ0) is 11.8. The maximum atomic E-state index is 11.7. The van der Waals surface area contributed by atoms with Crippen LogP contribution in [0.15, 0.2) is 24.3 Å². The average Bonchev–Trinajstić information content (AvgIpc) is 2.30. The summed E-state index contributed by atoms with van der Waals surface area (Å²) in [5, 5.41) is 5.78. The SMILES string of the molecule is CCOc1cccc(C(=O)NCCNC)c1.Cl. The lowest BCUT2D eigenvalue weighted by molar-refractivity contribution is 0.0953. The fraction of sp³-hybridized carbons (Fsp3) is 0.417. The van der Waals surface area contributed by atoms with Crippen LogP contribution in [-0.2, 0) is 0 Å². The van der Waals surface area contributed by atoms with E-state index in [4.69, 9.17) is 4.74 Å². The highest BCUT2D eigenvalue weighted by atomic mass is 35.5. The van der Waals surface area contributed by atoms with Gasteiger partial charge < -0.3 is 15.4 Å². The quantitative estimate of drug-likeness (QED) is 0.760. The van der Waals surface area contributed by atoms with E-state index in [-0.39, 0.29) is 18.3 Å². The van der Waals surface area contributed by atoms with E-state index < -0.39 is 0 Å². The van der Waals surface area contributed by atoms with Crippen LogP contribution >= 0.6 is 12.4 Å². The second-order valence-corrected chi connectivity index (χ2v) is 3.32. The highest BCUT2D eigenvalue weighted by Crippen LogP contribution is 2.12. The Hall–Kier alpha value is -1.26. The van der Waals surface area contributed by atoms with Gasteiger partial charge >= 0.3 is 0 Å². The maximum absolute atomic E-state index is 11.7. The summed E-state index contributed by atoms with van der Waals surface area (Å²) in [7, 11) is 1.85. The van der Waals surface area contributed by atoms with E-state index in [0.29, 0.717) is 18.7 Å². The number of carbonyl (C=O) groups is 1. The van der Waals surface area contributed by atoms with Crippen molar-refractivity contribution in [1.29, 1.82) is 0 Å². The molecule has 1 amide bonds. The molecule has 96 valence electrons. The van der Waals surface area contributed by atoms with Crippen molar-refractivity contribution in [3.63, 3.8) is 0 Å². The molecule has 1 aromatic carbocycles. The number of ether oxygens (including phenoxy) is 1. The van der Waals surface area contributed by atoms with E-state index in [2.05, 4.69) is 10.6 Å². The third kappa shape index (κ3) is 5.56. The Morgan fingerprint density at radius 2 is 2.12 bits per heavy atom. The van der Waals surface area contributed by atoms with Gasteiger partial charge in [0.15, 0.2) is 0 Å². The molecule has 1 rings (SSSR count).